The van der Waals surface area contributed by atoms with Gasteiger partial charge in [-0.25, -0.2) is 0 Å². The molecule has 0 saturated carbocycles. The van der Waals surface area contributed by atoms with E-state index < -0.39 is 4.92 Å². The van der Waals surface area contributed by atoms with Crippen LogP contribution in [0.2, 0.25) is 5.02 Å². The zero-order valence-electron chi connectivity index (χ0n) is 11.7. The lowest BCUT2D eigenvalue weighted by Gasteiger charge is -2.07. The van der Waals surface area contributed by atoms with E-state index in [1.54, 1.807) is 13.2 Å². The minimum atomic E-state index is -0.395. The second kappa shape index (κ2) is 8.68. The van der Waals surface area contributed by atoms with Crippen molar-refractivity contribution in [3.8, 4) is 0 Å². The lowest BCUT2D eigenvalue weighted by atomic mass is 10.1. The molecule has 110 valence electrons. The van der Waals surface area contributed by atoms with Crippen molar-refractivity contribution in [2.45, 2.75) is 13.3 Å². The molecule has 0 fully saturated rings. The number of nitro groups is 1. The van der Waals surface area contributed by atoms with Crippen molar-refractivity contribution in [3.05, 3.63) is 44.5 Å². The van der Waals surface area contributed by atoms with Crippen LogP contribution in [0.5, 0.6) is 0 Å². The molecule has 0 radical (unpaired) electrons. The third-order valence-electron chi connectivity index (χ3n) is 2.84. The van der Waals surface area contributed by atoms with Crippen LogP contribution in [0.3, 0.4) is 0 Å². The van der Waals surface area contributed by atoms with Gasteiger partial charge in [-0.3, -0.25) is 10.1 Å². The number of hydrogen-bond acceptors (Lipinski definition) is 4. The maximum atomic E-state index is 11.0. The van der Waals surface area contributed by atoms with Gasteiger partial charge in [0.2, 0.25) is 0 Å². The Labute approximate surface area is 123 Å². The number of benzene rings is 1. The van der Waals surface area contributed by atoms with Crippen LogP contribution in [0, 0.1) is 10.1 Å². The number of ether oxygens (including phenoxy) is 1. The van der Waals surface area contributed by atoms with E-state index >= 15 is 0 Å². The molecule has 1 rings (SSSR count). The highest BCUT2D eigenvalue weighted by atomic mass is 35.5. The minimum absolute atomic E-state index is 0.0669. The monoisotopic (exact) mass is 298 g/mol. The standard InChI is InChI=1S/C14H19ClN2O3/c1-3-11(10-16-6-7-20-2)8-12-9-13(15)4-5-14(12)17(18)19/h4-5,8-9,16H,3,6-7,10H2,1-2H3/b11-8-. The van der Waals surface area contributed by atoms with Crippen molar-refractivity contribution in [2.75, 3.05) is 26.8 Å². The third kappa shape index (κ3) is 5.28. The SMILES string of the molecule is CC/C(=C/c1cc(Cl)ccc1[N+](=O)[O-])CNCCOC. The number of nitrogens with one attached hydrogen (secondary N) is 1. The highest BCUT2D eigenvalue weighted by Gasteiger charge is 2.12. The molecule has 0 heterocycles. The zero-order chi connectivity index (χ0) is 15.0. The Morgan fingerprint density at radius 1 is 1.55 bits per heavy atom. The smallest absolute Gasteiger partial charge is 0.276 e. The Balaban J connectivity index is 2.88. The summed E-state index contributed by atoms with van der Waals surface area (Å²) in [6, 6.07) is 4.57. The molecule has 0 bridgehead atoms. The lowest BCUT2D eigenvalue weighted by Crippen LogP contribution is -2.21. The Morgan fingerprint density at radius 2 is 2.30 bits per heavy atom. The molecule has 0 saturated heterocycles. The van der Waals surface area contributed by atoms with E-state index in [4.69, 9.17) is 16.3 Å². The third-order valence-corrected chi connectivity index (χ3v) is 3.07. The molecule has 0 spiro atoms. The Hall–Kier alpha value is -1.43. The molecule has 5 nitrogen and oxygen atoms in total. The van der Waals surface area contributed by atoms with Crippen LogP contribution in [0.4, 0.5) is 5.69 Å². The number of nitro benzene ring substituents is 1. The summed E-state index contributed by atoms with van der Waals surface area (Å²) < 4.78 is 4.95. The number of hydrogen-bond donors (Lipinski definition) is 1. The fourth-order valence-electron chi connectivity index (χ4n) is 1.73. The minimum Gasteiger partial charge on any atom is -0.383 e. The van der Waals surface area contributed by atoms with Gasteiger partial charge in [-0.2, -0.15) is 0 Å². The van der Waals surface area contributed by atoms with Crippen molar-refractivity contribution in [3.63, 3.8) is 0 Å². The largest absolute Gasteiger partial charge is 0.383 e. The maximum absolute atomic E-state index is 11.0. The summed E-state index contributed by atoms with van der Waals surface area (Å²) in [5.41, 5.74) is 1.68. The molecule has 1 N–H and O–H groups in total. The summed E-state index contributed by atoms with van der Waals surface area (Å²) >= 11 is 5.91. The van der Waals surface area contributed by atoms with Crippen molar-refractivity contribution in [1.29, 1.82) is 0 Å². The van der Waals surface area contributed by atoms with Gasteiger partial charge in [-0.05, 0) is 24.6 Å². The second-order valence-electron chi connectivity index (χ2n) is 4.29. The van der Waals surface area contributed by atoms with E-state index in [1.807, 2.05) is 13.0 Å². The maximum Gasteiger partial charge on any atom is 0.276 e. The van der Waals surface area contributed by atoms with Gasteiger partial charge in [0.25, 0.3) is 5.69 Å². The molecule has 0 aromatic heterocycles. The molecule has 20 heavy (non-hydrogen) atoms. The highest BCUT2D eigenvalue weighted by Crippen LogP contribution is 2.25. The van der Waals surface area contributed by atoms with Gasteiger partial charge in [0.1, 0.15) is 0 Å². The molecule has 0 aliphatic rings. The van der Waals surface area contributed by atoms with E-state index in [1.165, 1.54) is 12.1 Å². The van der Waals surface area contributed by atoms with Crippen molar-refractivity contribution in [2.24, 2.45) is 0 Å². The van der Waals surface area contributed by atoms with Crippen LogP contribution in [0.15, 0.2) is 23.8 Å². The van der Waals surface area contributed by atoms with E-state index in [0.29, 0.717) is 23.7 Å². The summed E-state index contributed by atoms with van der Waals surface area (Å²) in [5.74, 6) is 0. The molecular weight excluding hydrogens is 280 g/mol. The predicted octanol–water partition coefficient (Wildman–Crippen LogP) is 3.28. The summed E-state index contributed by atoms with van der Waals surface area (Å²) in [7, 11) is 1.65. The van der Waals surface area contributed by atoms with Gasteiger partial charge in [0.05, 0.1) is 17.1 Å². The highest BCUT2D eigenvalue weighted by molar-refractivity contribution is 6.30. The molecular formula is C14H19ClN2O3. The van der Waals surface area contributed by atoms with Gasteiger partial charge < -0.3 is 10.1 Å². The lowest BCUT2D eigenvalue weighted by molar-refractivity contribution is -0.385. The normalized spacial score (nSPS) is 11.7. The number of nitrogens with zero attached hydrogens (tertiary/aromatic N) is 1. The first kappa shape index (κ1) is 16.6. The van der Waals surface area contributed by atoms with Crippen molar-refractivity contribution < 1.29 is 9.66 Å². The van der Waals surface area contributed by atoms with Crippen molar-refractivity contribution >= 4 is 23.4 Å². The average molecular weight is 299 g/mol. The van der Waals surface area contributed by atoms with Crippen LogP contribution < -0.4 is 5.32 Å². The van der Waals surface area contributed by atoms with Crippen LogP contribution in [-0.4, -0.2) is 31.7 Å². The van der Waals surface area contributed by atoms with Crippen LogP contribution >= 0.6 is 11.6 Å². The average Bonchev–Trinajstić information content (AvgIpc) is 2.42. The summed E-state index contributed by atoms with van der Waals surface area (Å²) in [6.07, 6.45) is 2.63. The van der Waals surface area contributed by atoms with E-state index in [9.17, 15) is 10.1 Å². The topological polar surface area (TPSA) is 64.4 Å². The van der Waals surface area contributed by atoms with Crippen LogP contribution in [0.25, 0.3) is 6.08 Å². The Bertz CT molecular complexity index is 489. The fourth-order valence-corrected chi connectivity index (χ4v) is 1.91. The molecule has 0 amide bonds. The number of halogens is 1. The van der Waals surface area contributed by atoms with Crippen LogP contribution in [-0.2, 0) is 4.74 Å². The summed E-state index contributed by atoms with van der Waals surface area (Å²) in [4.78, 5) is 10.6. The zero-order valence-corrected chi connectivity index (χ0v) is 12.4. The van der Waals surface area contributed by atoms with E-state index in [-0.39, 0.29) is 5.69 Å². The molecule has 0 atom stereocenters. The number of rotatable bonds is 8. The molecule has 0 aliphatic carbocycles. The fraction of sp³-hybridized carbons (Fsp3) is 0.429. The van der Waals surface area contributed by atoms with Gasteiger partial charge in [0.15, 0.2) is 0 Å². The van der Waals surface area contributed by atoms with Crippen molar-refractivity contribution in [1.82, 2.24) is 5.32 Å². The van der Waals surface area contributed by atoms with Gasteiger partial charge in [0, 0.05) is 31.3 Å². The number of methoxy groups -OCH3 is 1. The molecule has 1 aromatic rings. The first-order valence-electron chi connectivity index (χ1n) is 6.41. The predicted molar refractivity (Wildman–Crippen MR) is 81.1 cm³/mol. The quantitative estimate of drug-likeness (QED) is 0.454. The Morgan fingerprint density at radius 3 is 2.90 bits per heavy atom. The molecule has 1 aromatic carbocycles. The van der Waals surface area contributed by atoms with E-state index in [0.717, 1.165) is 18.5 Å². The van der Waals surface area contributed by atoms with Crippen LogP contribution in [0.1, 0.15) is 18.9 Å². The first-order chi connectivity index (χ1) is 9.58. The van der Waals surface area contributed by atoms with Gasteiger partial charge in [-0.1, -0.05) is 24.1 Å². The van der Waals surface area contributed by atoms with E-state index in [2.05, 4.69) is 5.32 Å². The Kier molecular flexibility index (Phi) is 7.22. The second-order valence-corrected chi connectivity index (χ2v) is 4.72. The van der Waals surface area contributed by atoms with Gasteiger partial charge >= 0.3 is 0 Å². The molecule has 0 unspecified atom stereocenters. The summed E-state index contributed by atoms with van der Waals surface area (Å²) in [6.45, 7) is 4.06. The van der Waals surface area contributed by atoms with Gasteiger partial charge in [-0.15, -0.1) is 0 Å². The first-order valence-corrected chi connectivity index (χ1v) is 6.79. The molecule has 0 aliphatic heterocycles. The summed E-state index contributed by atoms with van der Waals surface area (Å²) in [5, 5.41) is 14.7. The molecule has 6 heteroatoms.